The van der Waals surface area contributed by atoms with E-state index in [0.29, 0.717) is 17.8 Å². The van der Waals surface area contributed by atoms with Gasteiger partial charge in [-0.2, -0.15) is 0 Å². The normalized spacial score (nSPS) is 30.1. The van der Waals surface area contributed by atoms with Crippen LogP contribution in [0.25, 0.3) is 0 Å². The second-order valence-corrected chi connectivity index (χ2v) is 9.85. The fourth-order valence-electron chi connectivity index (χ4n) is 6.90. The van der Waals surface area contributed by atoms with Crippen LogP contribution in [-0.2, 0) is 4.79 Å². The summed E-state index contributed by atoms with van der Waals surface area (Å²) < 4.78 is 0. The molecular weight excluding hydrogens is 374 g/mol. The number of amides is 1. The van der Waals surface area contributed by atoms with Crippen molar-refractivity contribution in [1.29, 1.82) is 0 Å². The SMILES string of the molecule is O=C(NO)c1ccc([C@@H](CC(=O)C23CC4CC(CC(C4)C2)C3)c2ccccc2)cc1. The van der Waals surface area contributed by atoms with Crippen LogP contribution < -0.4 is 5.48 Å². The molecule has 2 aromatic rings. The van der Waals surface area contributed by atoms with Gasteiger partial charge in [-0.25, -0.2) is 5.48 Å². The van der Waals surface area contributed by atoms with Crippen LogP contribution in [0, 0.1) is 23.2 Å². The zero-order valence-electron chi connectivity index (χ0n) is 17.2. The Balaban J connectivity index is 1.43. The first-order chi connectivity index (χ1) is 14.6. The summed E-state index contributed by atoms with van der Waals surface area (Å²) in [5.74, 6) is 2.16. The molecule has 0 heterocycles. The van der Waals surface area contributed by atoms with E-state index in [4.69, 9.17) is 5.21 Å². The molecule has 0 saturated heterocycles. The molecule has 156 valence electrons. The van der Waals surface area contributed by atoms with Crippen LogP contribution >= 0.6 is 0 Å². The molecule has 1 amide bonds. The van der Waals surface area contributed by atoms with E-state index in [0.717, 1.165) is 48.1 Å². The molecule has 4 heteroatoms. The number of nitrogens with one attached hydrogen (secondary N) is 1. The highest BCUT2D eigenvalue weighted by Crippen LogP contribution is 2.61. The van der Waals surface area contributed by atoms with E-state index in [1.54, 1.807) is 17.6 Å². The summed E-state index contributed by atoms with van der Waals surface area (Å²) >= 11 is 0. The Hall–Kier alpha value is -2.46. The van der Waals surface area contributed by atoms with Gasteiger partial charge in [0, 0.05) is 23.3 Å². The summed E-state index contributed by atoms with van der Waals surface area (Å²) in [6.07, 6.45) is 7.80. The van der Waals surface area contributed by atoms with Gasteiger partial charge >= 0.3 is 0 Å². The maximum absolute atomic E-state index is 13.8. The van der Waals surface area contributed by atoms with Crippen LogP contribution in [-0.4, -0.2) is 16.9 Å². The van der Waals surface area contributed by atoms with Crippen LogP contribution in [0.1, 0.15) is 72.3 Å². The molecule has 4 bridgehead atoms. The lowest BCUT2D eigenvalue weighted by Crippen LogP contribution is -2.50. The number of carbonyl (C=O) groups excluding carboxylic acids is 2. The van der Waals surface area contributed by atoms with Crippen LogP contribution in [0.3, 0.4) is 0 Å². The lowest BCUT2D eigenvalue weighted by atomic mass is 9.48. The number of hydrogen-bond donors (Lipinski definition) is 2. The molecule has 1 atom stereocenters. The van der Waals surface area contributed by atoms with Crippen molar-refractivity contribution in [1.82, 2.24) is 5.48 Å². The van der Waals surface area contributed by atoms with Gasteiger partial charge in [-0.3, -0.25) is 14.8 Å². The van der Waals surface area contributed by atoms with Gasteiger partial charge in [0.15, 0.2) is 0 Å². The predicted octanol–water partition coefficient (Wildman–Crippen LogP) is 5.11. The van der Waals surface area contributed by atoms with Crippen molar-refractivity contribution in [2.45, 2.75) is 50.9 Å². The van der Waals surface area contributed by atoms with E-state index in [1.807, 2.05) is 30.3 Å². The molecule has 4 aliphatic carbocycles. The van der Waals surface area contributed by atoms with Crippen LogP contribution in [0.5, 0.6) is 0 Å². The Bertz CT molecular complexity index is 899. The minimum atomic E-state index is -0.526. The van der Waals surface area contributed by atoms with E-state index in [2.05, 4.69) is 12.1 Å². The van der Waals surface area contributed by atoms with Crippen LogP contribution in [0.2, 0.25) is 0 Å². The van der Waals surface area contributed by atoms with E-state index < -0.39 is 5.91 Å². The predicted molar refractivity (Wildman–Crippen MR) is 114 cm³/mol. The van der Waals surface area contributed by atoms with E-state index in [9.17, 15) is 9.59 Å². The van der Waals surface area contributed by atoms with Gasteiger partial charge in [0.05, 0.1) is 0 Å². The first-order valence-corrected chi connectivity index (χ1v) is 11.2. The maximum Gasteiger partial charge on any atom is 0.274 e. The number of benzene rings is 2. The number of hydrogen-bond acceptors (Lipinski definition) is 3. The van der Waals surface area contributed by atoms with E-state index in [1.165, 1.54) is 19.3 Å². The van der Waals surface area contributed by atoms with Crippen molar-refractivity contribution < 1.29 is 14.8 Å². The number of Topliss-reactive ketones (excluding diaryl/α,β-unsaturated/α-hetero) is 1. The van der Waals surface area contributed by atoms with Gasteiger partial charge in [-0.15, -0.1) is 0 Å². The lowest BCUT2D eigenvalue weighted by Gasteiger charge is -2.56. The molecule has 0 aliphatic heterocycles. The first kappa shape index (κ1) is 19.5. The zero-order valence-corrected chi connectivity index (χ0v) is 17.2. The molecule has 30 heavy (non-hydrogen) atoms. The van der Waals surface area contributed by atoms with Crippen molar-refractivity contribution in [3.63, 3.8) is 0 Å². The van der Waals surface area contributed by atoms with Crippen molar-refractivity contribution in [2.75, 3.05) is 0 Å². The molecule has 2 aromatic carbocycles. The second-order valence-electron chi connectivity index (χ2n) is 9.85. The van der Waals surface area contributed by atoms with Gasteiger partial charge in [0.1, 0.15) is 5.78 Å². The summed E-state index contributed by atoms with van der Waals surface area (Å²) in [7, 11) is 0. The average molecular weight is 404 g/mol. The lowest BCUT2D eigenvalue weighted by molar-refractivity contribution is -0.144. The molecule has 4 fully saturated rings. The summed E-state index contributed by atoms with van der Waals surface area (Å²) in [6, 6.07) is 17.5. The van der Waals surface area contributed by atoms with Crippen molar-refractivity contribution >= 4 is 11.7 Å². The molecule has 4 nitrogen and oxygen atoms in total. The van der Waals surface area contributed by atoms with E-state index >= 15 is 0 Å². The number of hydroxylamine groups is 1. The van der Waals surface area contributed by atoms with Gasteiger partial charge in [-0.1, -0.05) is 42.5 Å². The Labute approximate surface area is 177 Å². The highest BCUT2D eigenvalue weighted by molar-refractivity contribution is 5.93. The molecule has 4 saturated carbocycles. The van der Waals surface area contributed by atoms with Crippen molar-refractivity contribution in [2.24, 2.45) is 23.2 Å². The van der Waals surface area contributed by atoms with Gasteiger partial charge < -0.3 is 0 Å². The Morgan fingerprint density at radius 1 is 0.867 bits per heavy atom. The molecule has 0 radical (unpaired) electrons. The first-order valence-electron chi connectivity index (χ1n) is 11.2. The molecule has 6 rings (SSSR count). The third-order valence-corrected chi connectivity index (χ3v) is 7.90. The molecule has 0 aromatic heterocycles. The Kier molecular flexibility index (Phi) is 4.98. The molecular formula is C26H29NO3. The van der Waals surface area contributed by atoms with E-state index in [-0.39, 0.29) is 11.3 Å². The fourth-order valence-corrected chi connectivity index (χ4v) is 6.90. The minimum Gasteiger partial charge on any atom is -0.299 e. The zero-order chi connectivity index (χ0) is 20.7. The molecule has 0 spiro atoms. The standard InChI is InChI=1S/C26H29NO3/c28-24(26-14-17-10-18(15-26)12-19(11-17)16-26)13-23(20-4-2-1-3-5-20)21-6-8-22(9-7-21)25(29)27-30/h1-9,17-19,23,30H,10-16H2,(H,27,29)/t17?,18?,19?,23-,26?/m0/s1. The number of ketones is 1. The summed E-state index contributed by atoms with van der Waals surface area (Å²) in [5.41, 5.74) is 4.15. The Morgan fingerprint density at radius 2 is 1.40 bits per heavy atom. The van der Waals surface area contributed by atoms with Crippen molar-refractivity contribution in [3.8, 4) is 0 Å². The van der Waals surface area contributed by atoms with Crippen LogP contribution in [0.15, 0.2) is 54.6 Å². The summed E-state index contributed by atoms with van der Waals surface area (Å²) in [4.78, 5) is 25.5. The Morgan fingerprint density at radius 3 is 1.93 bits per heavy atom. The second kappa shape index (κ2) is 7.66. The average Bonchev–Trinajstić information content (AvgIpc) is 2.76. The molecule has 2 N–H and O–H groups in total. The highest BCUT2D eigenvalue weighted by Gasteiger charge is 2.54. The molecule has 0 unspecified atom stereocenters. The largest absolute Gasteiger partial charge is 0.299 e. The summed E-state index contributed by atoms with van der Waals surface area (Å²) in [5, 5.41) is 8.87. The van der Waals surface area contributed by atoms with Gasteiger partial charge in [0.2, 0.25) is 0 Å². The number of carbonyl (C=O) groups is 2. The summed E-state index contributed by atoms with van der Waals surface area (Å²) in [6.45, 7) is 0. The third-order valence-electron chi connectivity index (χ3n) is 7.90. The van der Waals surface area contributed by atoms with Gasteiger partial charge in [-0.05, 0) is 79.5 Å². The van der Waals surface area contributed by atoms with Crippen molar-refractivity contribution in [3.05, 3.63) is 71.3 Å². The monoisotopic (exact) mass is 403 g/mol. The smallest absolute Gasteiger partial charge is 0.274 e. The maximum atomic E-state index is 13.8. The minimum absolute atomic E-state index is 0.0158. The number of rotatable bonds is 6. The quantitative estimate of drug-likeness (QED) is 0.520. The third kappa shape index (κ3) is 3.47. The van der Waals surface area contributed by atoms with Crippen LogP contribution in [0.4, 0.5) is 0 Å². The molecule has 4 aliphatic rings. The fraction of sp³-hybridized carbons (Fsp3) is 0.462. The topological polar surface area (TPSA) is 66.4 Å². The highest BCUT2D eigenvalue weighted by atomic mass is 16.5. The van der Waals surface area contributed by atoms with Gasteiger partial charge in [0.25, 0.3) is 5.91 Å².